The number of carbonyl (C=O) groups excluding carboxylic acids is 1. The van der Waals surface area contributed by atoms with Crippen LogP contribution in [0.3, 0.4) is 0 Å². The van der Waals surface area contributed by atoms with Crippen molar-refractivity contribution in [3.8, 4) is 11.3 Å². The number of hydrogen-bond acceptors (Lipinski definition) is 4. The van der Waals surface area contributed by atoms with Gasteiger partial charge in [-0.1, -0.05) is 30.3 Å². The summed E-state index contributed by atoms with van der Waals surface area (Å²) in [6.07, 6.45) is 5.00. The first-order chi connectivity index (χ1) is 14.5. The molecule has 30 heavy (non-hydrogen) atoms. The summed E-state index contributed by atoms with van der Waals surface area (Å²) in [5.41, 5.74) is 6.14. The largest absolute Gasteiger partial charge is 0.326 e. The molecule has 0 fully saturated rings. The highest BCUT2D eigenvalue weighted by atomic mass is 16.1. The first-order valence-electron chi connectivity index (χ1n) is 10.3. The Bertz CT molecular complexity index is 1150. The van der Waals surface area contributed by atoms with Gasteiger partial charge in [0.1, 0.15) is 0 Å². The molecule has 1 amide bonds. The van der Waals surface area contributed by atoms with Gasteiger partial charge in [0.15, 0.2) is 0 Å². The van der Waals surface area contributed by atoms with Crippen LogP contribution in [0.1, 0.15) is 37.9 Å². The Balaban J connectivity index is 1.50. The van der Waals surface area contributed by atoms with Crippen LogP contribution >= 0.6 is 0 Å². The summed E-state index contributed by atoms with van der Waals surface area (Å²) in [4.78, 5) is 16.3. The SMILES string of the molecule is CC(=O)Nc1cccc2c3cccc(CNCCc4cnn(C(C)C)c4)c3nc-2c1. The molecule has 2 aromatic rings. The molecule has 2 aliphatic rings. The van der Waals surface area contributed by atoms with Gasteiger partial charge in [0, 0.05) is 42.3 Å². The molecule has 1 aromatic carbocycles. The first-order valence-corrected chi connectivity index (χ1v) is 10.3. The average molecular weight is 402 g/mol. The molecule has 1 aromatic heterocycles. The fraction of sp³-hybridized carbons (Fsp3) is 0.292. The molecule has 0 bridgehead atoms. The highest BCUT2D eigenvalue weighted by molar-refractivity contribution is 6.00. The minimum absolute atomic E-state index is 0.0886. The van der Waals surface area contributed by atoms with E-state index in [0.29, 0.717) is 6.04 Å². The molecule has 0 atom stereocenters. The second-order valence-electron chi connectivity index (χ2n) is 7.88. The lowest BCUT2D eigenvalue weighted by molar-refractivity contribution is -0.114. The van der Waals surface area contributed by atoms with Crippen molar-refractivity contribution in [2.45, 2.75) is 39.8 Å². The Morgan fingerprint density at radius 3 is 2.77 bits per heavy atom. The summed E-state index contributed by atoms with van der Waals surface area (Å²) >= 11 is 0. The van der Waals surface area contributed by atoms with E-state index in [-0.39, 0.29) is 5.91 Å². The zero-order valence-electron chi connectivity index (χ0n) is 17.6. The topological polar surface area (TPSA) is 71.8 Å². The number of nitrogens with one attached hydrogen (secondary N) is 2. The van der Waals surface area contributed by atoms with Gasteiger partial charge >= 0.3 is 0 Å². The summed E-state index contributed by atoms with van der Waals surface area (Å²) < 4.78 is 1.99. The minimum Gasteiger partial charge on any atom is -0.326 e. The molecule has 1 aliphatic carbocycles. The van der Waals surface area contributed by atoms with Gasteiger partial charge in [-0.05, 0) is 50.1 Å². The van der Waals surface area contributed by atoms with Crippen LogP contribution in [0.2, 0.25) is 0 Å². The van der Waals surface area contributed by atoms with Crippen LogP contribution in [0, 0.1) is 0 Å². The summed E-state index contributed by atoms with van der Waals surface area (Å²) in [6.45, 7) is 7.40. The lowest BCUT2D eigenvalue weighted by atomic mass is 10.1. The van der Waals surface area contributed by atoms with Gasteiger partial charge in [0.2, 0.25) is 5.91 Å². The van der Waals surface area contributed by atoms with Crippen LogP contribution in [0.25, 0.3) is 22.2 Å². The highest BCUT2D eigenvalue weighted by Crippen LogP contribution is 2.33. The number of fused-ring (bicyclic) bond motifs is 3. The molecule has 1 aliphatic heterocycles. The molecule has 0 saturated heterocycles. The van der Waals surface area contributed by atoms with Crippen molar-refractivity contribution in [2.24, 2.45) is 0 Å². The number of anilines is 1. The molecular formula is C24H27N5O. The number of carbonyl (C=O) groups is 1. The Kier molecular flexibility index (Phi) is 5.77. The van der Waals surface area contributed by atoms with Crippen molar-refractivity contribution in [3.05, 3.63) is 66.0 Å². The van der Waals surface area contributed by atoms with Crippen molar-refractivity contribution in [1.82, 2.24) is 20.1 Å². The average Bonchev–Trinajstić information content (AvgIpc) is 3.25. The molecule has 0 unspecified atom stereocenters. The summed E-state index contributed by atoms with van der Waals surface area (Å²) in [5.74, 6) is -0.0886. The van der Waals surface area contributed by atoms with Crippen molar-refractivity contribution in [1.29, 1.82) is 0 Å². The van der Waals surface area contributed by atoms with E-state index in [9.17, 15) is 4.79 Å². The van der Waals surface area contributed by atoms with E-state index in [1.54, 1.807) is 0 Å². The van der Waals surface area contributed by atoms with E-state index >= 15 is 0 Å². The zero-order chi connectivity index (χ0) is 21.1. The molecule has 4 rings (SSSR count). The first kappa shape index (κ1) is 20.0. The van der Waals surface area contributed by atoms with Gasteiger partial charge in [-0.3, -0.25) is 9.48 Å². The highest BCUT2D eigenvalue weighted by Gasteiger charge is 2.14. The Labute approximate surface area is 176 Å². The maximum atomic E-state index is 11.4. The van der Waals surface area contributed by atoms with Gasteiger partial charge in [-0.15, -0.1) is 0 Å². The van der Waals surface area contributed by atoms with Gasteiger partial charge in [0.25, 0.3) is 0 Å². The van der Waals surface area contributed by atoms with Crippen LogP contribution in [0.4, 0.5) is 5.69 Å². The summed E-state index contributed by atoms with van der Waals surface area (Å²) in [6, 6.07) is 14.5. The third-order valence-corrected chi connectivity index (χ3v) is 5.16. The van der Waals surface area contributed by atoms with Crippen molar-refractivity contribution in [3.63, 3.8) is 0 Å². The zero-order valence-corrected chi connectivity index (χ0v) is 17.6. The Hall–Kier alpha value is -3.25. The van der Waals surface area contributed by atoms with E-state index in [2.05, 4.69) is 60.0 Å². The van der Waals surface area contributed by atoms with Crippen LogP contribution in [0.5, 0.6) is 0 Å². The van der Waals surface area contributed by atoms with Crippen LogP contribution in [0.15, 0.2) is 54.9 Å². The fourth-order valence-electron chi connectivity index (χ4n) is 3.66. The number of amides is 1. The van der Waals surface area contributed by atoms with E-state index in [1.807, 2.05) is 29.1 Å². The van der Waals surface area contributed by atoms with E-state index in [4.69, 9.17) is 4.98 Å². The normalized spacial score (nSPS) is 11.5. The smallest absolute Gasteiger partial charge is 0.221 e. The fourth-order valence-corrected chi connectivity index (χ4v) is 3.66. The minimum atomic E-state index is -0.0886. The molecule has 0 radical (unpaired) electrons. The van der Waals surface area contributed by atoms with Gasteiger partial charge in [0.05, 0.1) is 17.4 Å². The monoisotopic (exact) mass is 401 g/mol. The third-order valence-electron chi connectivity index (χ3n) is 5.16. The maximum Gasteiger partial charge on any atom is 0.221 e. The molecule has 154 valence electrons. The molecule has 2 N–H and O–H groups in total. The van der Waals surface area contributed by atoms with Gasteiger partial charge < -0.3 is 10.6 Å². The lowest BCUT2D eigenvalue weighted by Gasteiger charge is -2.05. The number of rotatable bonds is 7. The molecule has 6 heteroatoms. The Morgan fingerprint density at radius 2 is 2.00 bits per heavy atom. The second kappa shape index (κ2) is 8.63. The number of benzene rings is 1. The summed E-state index contributed by atoms with van der Waals surface area (Å²) in [7, 11) is 0. The predicted octanol–water partition coefficient (Wildman–Crippen LogP) is 4.41. The second-order valence-corrected chi connectivity index (χ2v) is 7.88. The number of para-hydroxylation sites is 1. The van der Waals surface area contributed by atoms with Crippen molar-refractivity contribution in [2.75, 3.05) is 11.9 Å². The van der Waals surface area contributed by atoms with Crippen LogP contribution < -0.4 is 10.6 Å². The van der Waals surface area contributed by atoms with Crippen LogP contribution in [-0.4, -0.2) is 27.2 Å². The third kappa shape index (κ3) is 4.33. The van der Waals surface area contributed by atoms with Crippen LogP contribution in [-0.2, 0) is 17.8 Å². The standard InChI is InChI=1S/C24H27N5O/c1-16(2)29-15-18(13-26-29)10-11-25-14-19-6-4-9-22-21-8-5-7-20(27-17(3)30)12-23(21)28-24(19)22/h4-9,12-13,15-16,25H,10-11,14H2,1-3H3,(H,27,30). The number of nitrogens with zero attached hydrogens (tertiary/aromatic N) is 3. The van der Waals surface area contributed by atoms with E-state index in [1.165, 1.54) is 18.1 Å². The quantitative estimate of drug-likeness (QED) is 0.450. The van der Waals surface area contributed by atoms with Crippen molar-refractivity contribution >= 4 is 22.5 Å². The van der Waals surface area contributed by atoms with Gasteiger partial charge in [-0.2, -0.15) is 5.10 Å². The number of hydrogen-bond donors (Lipinski definition) is 2. The maximum absolute atomic E-state index is 11.4. The Morgan fingerprint density at radius 1 is 1.17 bits per heavy atom. The molecule has 2 heterocycles. The van der Waals surface area contributed by atoms with E-state index < -0.39 is 0 Å². The molecule has 6 nitrogen and oxygen atoms in total. The van der Waals surface area contributed by atoms with E-state index in [0.717, 1.165) is 47.4 Å². The van der Waals surface area contributed by atoms with Gasteiger partial charge in [-0.25, -0.2) is 4.98 Å². The van der Waals surface area contributed by atoms with Crippen molar-refractivity contribution < 1.29 is 4.79 Å². The number of aromatic nitrogens is 3. The molecular weight excluding hydrogens is 374 g/mol. The molecule has 0 spiro atoms. The molecule has 0 saturated carbocycles. The predicted molar refractivity (Wildman–Crippen MR) is 121 cm³/mol. The summed E-state index contributed by atoms with van der Waals surface area (Å²) in [5, 5.41) is 11.9. The lowest BCUT2D eigenvalue weighted by Crippen LogP contribution is -2.16.